The first kappa shape index (κ1) is 12.7. The van der Waals surface area contributed by atoms with Crippen molar-refractivity contribution in [2.45, 2.75) is 0 Å². The predicted octanol–water partition coefficient (Wildman–Crippen LogP) is 4.53. The Kier molecular flexibility index (Phi) is 2.52. The second-order valence-electron chi connectivity index (χ2n) is 5.38. The molecule has 0 spiro atoms. The number of rotatable bonds is 0. The first-order valence-electron chi connectivity index (χ1n) is 7.21. The summed E-state index contributed by atoms with van der Waals surface area (Å²) >= 11 is 6.22. The Morgan fingerprint density at radius 2 is 1.22 bits per heavy atom. The van der Waals surface area contributed by atoms with Crippen LogP contribution in [-0.4, -0.2) is 20.2 Å². The Bertz CT molecular complexity index is 1230. The van der Waals surface area contributed by atoms with Crippen LogP contribution in [0.2, 0.25) is 5.02 Å². The topological polar surface area (TPSA) is 51.6 Å². The maximum absolute atomic E-state index is 6.22. The van der Waals surface area contributed by atoms with Gasteiger partial charge in [0, 0.05) is 10.8 Å². The van der Waals surface area contributed by atoms with Crippen LogP contribution < -0.4 is 0 Å². The number of halogens is 1. The van der Waals surface area contributed by atoms with E-state index in [-0.39, 0.29) is 0 Å². The van der Waals surface area contributed by atoms with E-state index >= 15 is 0 Å². The van der Waals surface area contributed by atoms with Crippen LogP contribution in [0.3, 0.4) is 0 Å². The molecule has 0 fully saturated rings. The molecule has 5 aromatic rings. The molecule has 0 atom stereocenters. The fourth-order valence-corrected chi connectivity index (χ4v) is 3.25. The van der Waals surface area contributed by atoms with E-state index in [1.165, 1.54) is 6.20 Å². The molecule has 0 bridgehead atoms. The number of fused-ring (bicyclic) bond motifs is 7. The molecule has 0 amide bonds. The molecule has 0 aliphatic carbocycles. The molecule has 0 aliphatic heterocycles. The van der Waals surface area contributed by atoms with E-state index in [0.29, 0.717) is 16.2 Å². The summed E-state index contributed by atoms with van der Waals surface area (Å²) in [6, 6.07) is 16.4. The fraction of sp³-hybridized carbons (Fsp3) is 0. The monoisotopic (exact) mass is 316 g/mol. The summed E-state index contributed by atoms with van der Waals surface area (Å²) in [7, 11) is 0. The lowest BCUT2D eigenvalue weighted by molar-refractivity contribution is 1.05. The Balaban J connectivity index is 2.16. The van der Waals surface area contributed by atoms with Gasteiger partial charge >= 0.3 is 0 Å². The van der Waals surface area contributed by atoms with E-state index in [9.17, 15) is 0 Å². The summed E-state index contributed by atoms with van der Waals surface area (Å²) in [5, 5.41) is 12.8. The van der Waals surface area contributed by atoms with Crippen LogP contribution in [0, 0.1) is 0 Å². The molecule has 2 aromatic heterocycles. The van der Waals surface area contributed by atoms with Crippen LogP contribution in [0.5, 0.6) is 0 Å². The van der Waals surface area contributed by atoms with Crippen molar-refractivity contribution in [1.82, 2.24) is 20.2 Å². The number of aromatic nitrogens is 4. The molecule has 0 saturated carbocycles. The van der Waals surface area contributed by atoms with Crippen molar-refractivity contribution < 1.29 is 0 Å². The highest BCUT2D eigenvalue weighted by molar-refractivity contribution is 6.35. The highest BCUT2D eigenvalue weighted by Gasteiger charge is 2.13. The Morgan fingerprint density at radius 1 is 0.652 bits per heavy atom. The third-order valence-electron chi connectivity index (χ3n) is 4.08. The minimum absolute atomic E-state index is 0.460. The van der Waals surface area contributed by atoms with Crippen LogP contribution in [0.25, 0.3) is 43.7 Å². The van der Waals surface area contributed by atoms with Gasteiger partial charge in [-0.1, -0.05) is 60.1 Å². The summed E-state index contributed by atoms with van der Waals surface area (Å²) in [5.74, 6) is 0. The second kappa shape index (κ2) is 4.57. The van der Waals surface area contributed by atoms with Crippen molar-refractivity contribution in [3.05, 3.63) is 59.8 Å². The predicted molar refractivity (Wildman–Crippen MR) is 92.7 cm³/mol. The van der Waals surface area contributed by atoms with E-state index in [1.54, 1.807) is 0 Å². The standard InChI is InChI=1S/C18H9ClN4/c19-14-9-20-23-18-17(14)21-15-12-7-3-1-5-10(12)11-6-2-4-8-13(11)16(15)22-18/h1-9H. The highest BCUT2D eigenvalue weighted by Crippen LogP contribution is 2.34. The normalized spacial score (nSPS) is 11.7. The van der Waals surface area contributed by atoms with E-state index in [2.05, 4.69) is 34.5 Å². The molecule has 5 heteroatoms. The fourth-order valence-electron chi connectivity index (χ4n) is 3.08. The molecule has 0 saturated heterocycles. The van der Waals surface area contributed by atoms with Gasteiger partial charge in [0.2, 0.25) is 5.65 Å². The Morgan fingerprint density at radius 3 is 1.87 bits per heavy atom. The maximum atomic E-state index is 6.22. The van der Waals surface area contributed by atoms with E-state index < -0.39 is 0 Å². The molecule has 23 heavy (non-hydrogen) atoms. The molecule has 0 radical (unpaired) electrons. The zero-order valence-corrected chi connectivity index (χ0v) is 12.6. The van der Waals surface area contributed by atoms with Gasteiger partial charge in [0.1, 0.15) is 5.52 Å². The lowest BCUT2D eigenvalue weighted by Gasteiger charge is -2.09. The van der Waals surface area contributed by atoms with Gasteiger partial charge in [0.25, 0.3) is 0 Å². The summed E-state index contributed by atoms with van der Waals surface area (Å²) < 4.78 is 0. The van der Waals surface area contributed by atoms with Gasteiger partial charge in [-0.2, -0.15) is 5.10 Å². The molecule has 3 aromatic carbocycles. The smallest absolute Gasteiger partial charge is 0.202 e. The third-order valence-corrected chi connectivity index (χ3v) is 4.36. The van der Waals surface area contributed by atoms with E-state index in [4.69, 9.17) is 21.6 Å². The van der Waals surface area contributed by atoms with Crippen LogP contribution in [-0.2, 0) is 0 Å². The van der Waals surface area contributed by atoms with Crippen LogP contribution in [0.1, 0.15) is 0 Å². The largest absolute Gasteiger partial charge is 0.240 e. The second-order valence-corrected chi connectivity index (χ2v) is 5.78. The van der Waals surface area contributed by atoms with Gasteiger partial charge < -0.3 is 0 Å². The van der Waals surface area contributed by atoms with Gasteiger partial charge in [-0.05, 0) is 10.8 Å². The van der Waals surface area contributed by atoms with Crippen LogP contribution in [0.15, 0.2) is 54.7 Å². The summed E-state index contributed by atoms with van der Waals surface area (Å²) in [6.45, 7) is 0. The number of hydrogen-bond acceptors (Lipinski definition) is 4. The van der Waals surface area contributed by atoms with Crippen molar-refractivity contribution in [3.63, 3.8) is 0 Å². The first-order chi connectivity index (χ1) is 11.3. The van der Waals surface area contributed by atoms with Gasteiger partial charge in [-0.15, -0.1) is 5.10 Å². The van der Waals surface area contributed by atoms with Crippen molar-refractivity contribution in [1.29, 1.82) is 0 Å². The molecule has 2 heterocycles. The Hall–Kier alpha value is -2.85. The SMILES string of the molecule is Clc1cnnc2nc3c4ccccc4c4ccccc4c3nc12. The average Bonchev–Trinajstić information content (AvgIpc) is 2.61. The molecule has 0 aliphatic rings. The van der Waals surface area contributed by atoms with Crippen molar-refractivity contribution in [2.75, 3.05) is 0 Å². The van der Waals surface area contributed by atoms with E-state index in [1.807, 2.05) is 24.3 Å². The van der Waals surface area contributed by atoms with Crippen LogP contribution >= 0.6 is 11.6 Å². The number of benzene rings is 3. The molecule has 5 rings (SSSR count). The van der Waals surface area contributed by atoms with Crippen molar-refractivity contribution >= 4 is 55.3 Å². The number of nitrogens with zero attached hydrogens (tertiary/aromatic N) is 4. The summed E-state index contributed by atoms with van der Waals surface area (Å²) in [4.78, 5) is 9.45. The van der Waals surface area contributed by atoms with Gasteiger partial charge in [-0.3, -0.25) is 0 Å². The summed E-state index contributed by atoms with van der Waals surface area (Å²) in [6.07, 6.45) is 1.49. The van der Waals surface area contributed by atoms with E-state index in [0.717, 1.165) is 32.6 Å². The highest BCUT2D eigenvalue weighted by atomic mass is 35.5. The average molecular weight is 317 g/mol. The van der Waals surface area contributed by atoms with Crippen molar-refractivity contribution in [3.8, 4) is 0 Å². The zero-order valence-electron chi connectivity index (χ0n) is 11.9. The third kappa shape index (κ3) is 1.72. The van der Waals surface area contributed by atoms with Gasteiger partial charge in [0.15, 0.2) is 0 Å². The van der Waals surface area contributed by atoms with Crippen molar-refractivity contribution in [2.24, 2.45) is 0 Å². The molecular formula is C18H9ClN4. The molecular weight excluding hydrogens is 308 g/mol. The number of hydrogen-bond donors (Lipinski definition) is 0. The van der Waals surface area contributed by atoms with Crippen LogP contribution in [0.4, 0.5) is 0 Å². The van der Waals surface area contributed by atoms with Gasteiger partial charge in [-0.25, -0.2) is 9.97 Å². The summed E-state index contributed by atoms with van der Waals surface area (Å²) in [5.41, 5.74) is 2.70. The molecule has 4 nitrogen and oxygen atoms in total. The first-order valence-corrected chi connectivity index (χ1v) is 7.59. The quantitative estimate of drug-likeness (QED) is 0.311. The molecule has 0 unspecified atom stereocenters. The Labute approximate surface area is 135 Å². The minimum Gasteiger partial charge on any atom is -0.240 e. The minimum atomic E-state index is 0.460. The van der Waals surface area contributed by atoms with Gasteiger partial charge in [0.05, 0.1) is 22.3 Å². The molecule has 108 valence electrons. The lowest BCUT2D eigenvalue weighted by atomic mass is 9.99. The lowest BCUT2D eigenvalue weighted by Crippen LogP contribution is -1.95. The molecule has 0 N–H and O–H groups in total. The maximum Gasteiger partial charge on any atom is 0.202 e. The zero-order chi connectivity index (χ0) is 15.4.